The van der Waals surface area contributed by atoms with Crippen LogP contribution in [0.15, 0.2) is 35.5 Å². The normalized spacial score (nSPS) is 17.6. The molecular formula is C22H29N7O2S. The third-order valence-electron chi connectivity index (χ3n) is 5.66. The fourth-order valence-corrected chi connectivity index (χ4v) is 4.99. The topological polar surface area (TPSA) is 90.1 Å². The van der Waals surface area contributed by atoms with Crippen molar-refractivity contribution < 1.29 is 9.53 Å². The first-order valence-corrected chi connectivity index (χ1v) is 11.4. The van der Waals surface area contributed by atoms with Crippen LogP contribution < -0.4 is 14.4 Å². The van der Waals surface area contributed by atoms with Crippen molar-refractivity contribution >= 4 is 23.7 Å². The van der Waals surface area contributed by atoms with E-state index < -0.39 is 0 Å². The van der Waals surface area contributed by atoms with Crippen LogP contribution in [-0.4, -0.2) is 49.6 Å². The van der Waals surface area contributed by atoms with Crippen LogP contribution in [0.3, 0.4) is 0 Å². The molecule has 1 saturated heterocycles. The molecule has 1 atom stereocenters. The highest BCUT2D eigenvalue weighted by Gasteiger charge is 2.39. The van der Waals surface area contributed by atoms with E-state index in [1.54, 1.807) is 34.8 Å². The lowest BCUT2D eigenvalue weighted by Gasteiger charge is -2.34. The van der Waals surface area contributed by atoms with Gasteiger partial charge in [0.2, 0.25) is 5.88 Å². The predicted octanol–water partition coefficient (Wildman–Crippen LogP) is 3.38. The van der Waals surface area contributed by atoms with Crippen molar-refractivity contribution in [3.05, 3.63) is 41.9 Å². The van der Waals surface area contributed by atoms with Gasteiger partial charge < -0.3 is 9.64 Å². The van der Waals surface area contributed by atoms with E-state index in [0.717, 1.165) is 23.6 Å². The molecule has 4 heterocycles. The molecule has 0 saturated carbocycles. The fourth-order valence-electron chi connectivity index (χ4n) is 4.29. The molecule has 1 N–H and O–H groups in total. The summed E-state index contributed by atoms with van der Waals surface area (Å²) in [6, 6.07) is 5.39. The number of aromatic nitrogens is 5. The van der Waals surface area contributed by atoms with Crippen LogP contribution in [0.4, 0.5) is 5.82 Å². The second kappa shape index (κ2) is 8.50. The van der Waals surface area contributed by atoms with Crippen molar-refractivity contribution in [1.82, 2.24) is 29.3 Å². The summed E-state index contributed by atoms with van der Waals surface area (Å²) in [5, 5.41) is 8.71. The van der Waals surface area contributed by atoms with Crippen molar-refractivity contribution in [3.8, 4) is 11.7 Å². The average Bonchev–Trinajstić information content (AvgIpc) is 3.42. The molecule has 1 amide bonds. The molecule has 0 aliphatic carbocycles. The minimum Gasteiger partial charge on any atom is -0.480 e. The van der Waals surface area contributed by atoms with Crippen LogP contribution in [0.2, 0.25) is 0 Å². The Bertz CT molecular complexity index is 1140. The van der Waals surface area contributed by atoms with E-state index >= 15 is 0 Å². The minimum atomic E-state index is -0.194. The van der Waals surface area contributed by atoms with E-state index in [0.29, 0.717) is 29.0 Å². The largest absolute Gasteiger partial charge is 0.480 e. The molecular weight excluding hydrogens is 426 g/mol. The van der Waals surface area contributed by atoms with Crippen molar-refractivity contribution in [2.75, 3.05) is 18.6 Å². The molecule has 4 rings (SSSR count). The van der Waals surface area contributed by atoms with Crippen LogP contribution in [0, 0.1) is 12.8 Å². The van der Waals surface area contributed by atoms with Gasteiger partial charge in [0, 0.05) is 37.6 Å². The Labute approximate surface area is 192 Å². The Morgan fingerprint density at radius 2 is 2.06 bits per heavy atom. The van der Waals surface area contributed by atoms with E-state index in [-0.39, 0.29) is 11.4 Å². The Hall–Kier alpha value is -3.01. The van der Waals surface area contributed by atoms with Gasteiger partial charge in [-0.2, -0.15) is 5.10 Å². The quantitative estimate of drug-likeness (QED) is 0.570. The number of amides is 1. The molecule has 9 nitrogen and oxygen atoms in total. The van der Waals surface area contributed by atoms with Crippen molar-refractivity contribution in [3.63, 3.8) is 0 Å². The smallest absolute Gasteiger partial charge is 0.265 e. The molecule has 0 spiro atoms. The van der Waals surface area contributed by atoms with Crippen LogP contribution in [0.25, 0.3) is 5.82 Å². The van der Waals surface area contributed by atoms with Crippen molar-refractivity contribution in [2.45, 2.75) is 44.6 Å². The van der Waals surface area contributed by atoms with Gasteiger partial charge in [0.25, 0.3) is 5.91 Å². The van der Waals surface area contributed by atoms with Crippen molar-refractivity contribution in [2.24, 2.45) is 13.0 Å². The van der Waals surface area contributed by atoms with Crippen LogP contribution in [-0.2, 0) is 7.05 Å². The van der Waals surface area contributed by atoms with Gasteiger partial charge in [-0.15, -0.1) is 5.10 Å². The van der Waals surface area contributed by atoms with Gasteiger partial charge in [0.1, 0.15) is 5.82 Å². The maximum atomic E-state index is 13.2. The highest BCUT2D eigenvalue weighted by atomic mass is 32.2. The predicted molar refractivity (Wildman–Crippen MR) is 124 cm³/mol. The number of anilines is 1. The molecule has 0 radical (unpaired) electrons. The van der Waals surface area contributed by atoms with E-state index in [2.05, 4.69) is 40.6 Å². The number of hydrogen-bond acceptors (Lipinski definition) is 7. The van der Waals surface area contributed by atoms with Crippen LogP contribution in [0.5, 0.6) is 5.88 Å². The molecule has 0 aromatic carbocycles. The van der Waals surface area contributed by atoms with Gasteiger partial charge >= 0.3 is 0 Å². The fraction of sp³-hybridized carbons (Fsp3) is 0.455. The first-order valence-electron chi connectivity index (χ1n) is 10.5. The van der Waals surface area contributed by atoms with Gasteiger partial charge in [0.05, 0.1) is 23.3 Å². The number of pyridine rings is 1. The molecule has 0 bridgehead atoms. The molecule has 1 aliphatic heterocycles. The third-order valence-corrected chi connectivity index (χ3v) is 6.57. The molecule has 170 valence electrons. The molecule has 1 fully saturated rings. The number of nitrogens with one attached hydrogen (secondary N) is 1. The number of rotatable bonds is 6. The standard InChI is InChI=1S/C22H29N7O2S/c1-14-11-22(3,4)28(12-14)20-16(21(30)26-32-17-13-27(5)24-15(17)2)7-8-18(23-20)29-10-9-19(25-29)31-6/h7-10,13-14H,11-12H2,1-6H3,(H,26,30). The average molecular weight is 456 g/mol. The van der Waals surface area contributed by atoms with E-state index in [1.807, 2.05) is 26.2 Å². The van der Waals surface area contributed by atoms with Crippen LogP contribution in [0.1, 0.15) is 43.2 Å². The van der Waals surface area contributed by atoms with Gasteiger partial charge in [-0.3, -0.25) is 14.2 Å². The SMILES string of the molecule is COc1ccn(-c2ccc(C(=O)NSc3cn(C)nc3C)c(N3CC(C)CC3(C)C)n2)n1. The van der Waals surface area contributed by atoms with Gasteiger partial charge in [-0.25, -0.2) is 9.67 Å². The number of aryl methyl sites for hydroxylation is 2. The molecule has 1 unspecified atom stereocenters. The monoisotopic (exact) mass is 455 g/mol. The summed E-state index contributed by atoms with van der Waals surface area (Å²) < 4.78 is 11.5. The lowest BCUT2D eigenvalue weighted by Crippen LogP contribution is -2.40. The summed E-state index contributed by atoms with van der Waals surface area (Å²) >= 11 is 1.27. The first kappa shape index (κ1) is 22.2. The number of carbonyl (C=O) groups is 1. The second-order valence-corrected chi connectivity index (χ2v) is 9.71. The Balaban J connectivity index is 1.68. The number of nitrogens with zero attached hydrogens (tertiary/aromatic N) is 6. The molecule has 3 aromatic heterocycles. The Morgan fingerprint density at radius 1 is 1.28 bits per heavy atom. The van der Waals surface area contributed by atoms with E-state index in [1.165, 1.54) is 11.9 Å². The van der Waals surface area contributed by atoms with Crippen LogP contribution >= 0.6 is 11.9 Å². The summed E-state index contributed by atoms with van der Waals surface area (Å²) in [4.78, 5) is 21.3. The Morgan fingerprint density at radius 3 is 2.66 bits per heavy atom. The molecule has 10 heteroatoms. The first-order chi connectivity index (χ1) is 15.2. The maximum Gasteiger partial charge on any atom is 0.265 e. The number of hydrogen-bond donors (Lipinski definition) is 1. The third kappa shape index (κ3) is 4.32. The molecule has 1 aliphatic rings. The van der Waals surface area contributed by atoms with E-state index in [4.69, 9.17) is 9.72 Å². The van der Waals surface area contributed by atoms with Gasteiger partial charge in [-0.1, -0.05) is 6.92 Å². The highest BCUT2D eigenvalue weighted by Crippen LogP contribution is 2.38. The lowest BCUT2D eigenvalue weighted by atomic mass is 9.97. The number of ether oxygens (including phenoxy) is 1. The zero-order chi connectivity index (χ0) is 23.0. The maximum absolute atomic E-state index is 13.2. The summed E-state index contributed by atoms with van der Waals surface area (Å²) in [5.74, 6) is 2.11. The summed E-state index contributed by atoms with van der Waals surface area (Å²) in [5.41, 5.74) is 1.28. The van der Waals surface area contributed by atoms with Gasteiger partial charge in [0.15, 0.2) is 5.82 Å². The Kier molecular flexibility index (Phi) is 5.89. The number of carbonyl (C=O) groups excluding carboxylic acids is 1. The summed E-state index contributed by atoms with van der Waals surface area (Å²) in [6.07, 6.45) is 4.71. The summed E-state index contributed by atoms with van der Waals surface area (Å²) in [7, 11) is 3.44. The molecule has 3 aromatic rings. The zero-order valence-corrected chi connectivity index (χ0v) is 20.1. The molecule has 32 heavy (non-hydrogen) atoms. The second-order valence-electron chi connectivity index (χ2n) is 8.86. The lowest BCUT2D eigenvalue weighted by molar-refractivity contribution is 0.0984. The minimum absolute atomic E-state index is 0.116. The van der Waals surface area contributed by atoms with Crippen molar-refractivity contribution in [1.29, 1.82) is 0 Å². The highest BCUT2D eigenvalue weighted by molar-refractivity contribution is 7.98. The zero-order valence-electron chi connectivity index (χ0n) is 19.3. The van der Waals surface area contributed by atoms with E-state index in [9.17, 15) is 4.79 Å². The van der Waals surface area contributed by atoms with Gasteiger partial charge in [-0.05, 0) is 57.2 Å². The number of methoxy groups -OCH3 is 1. The summed E-state index contributed by atoms with van der Waals surface area (Å²) in [6.45, 7) is 9.36.